The van der Waals surface area contributed by atoms with E-state index >= 15 is 0 Å². The highest BCUT2D eigenvalue weighted by atomic mass is 15.2. The Labute approximate surface area is 94.4 Å². The zero-order valence-corrected chi connectivity index (χ0v) is 10.6. The minimum atomic E-state index is 0.533. The molecule has 3 atom stereocenters. The fourth-order valence-corrected chi connectivity index (χ4v) is 3.14. The van der Waals surface area contributed by atoms with Gasteiger partial charge in [0, 0.05) is 19.1 Å². The topological polar surface area (TPSA) is 15.3 Å². The molecule has 0 aliphatic carbocycles. The molecule has 0 radical (unpaired) electrons. The second kappa shape index (κ2) is 4.42. The molecule has 0 bridgehead atoms. The van der Waals surface area contributed by atoms with Gasteiger partial charge >= 0.3 is 0 Å². The third-order valence-corrected chi connectivity index (χ3v) is 4.55. The Morgan fingerprint density at radius 3 is 2.87 bits per heavy atom. The molecular weight excluding hydrogens is 184 g/mol. The molecule has 2 fully saturated rings. The van der Waals surface area contributed by atoms with Gasteiger partial charge in [0.1, 0.15) is 0 Å². The summed E-state index contributed by atoms with van der Waals surface area (Å²) in [6.45, 7) is 12.3. The third kappa shape index (κ3) is 2.54. The van der Waals surface area contributed by atoms with Crippen molar-refractivity contribution in [3.63, 3.8) is 0 Å². The van der Waals surface area contributed by atoms with Crippen molar-refractivity contribution in [3.8, 4) is 0 Å². The van der Waals surface area contributed by atoms with Crippen molar-refractivity contribution in [2.24, 2.45) is 11.3 Å². The molecule has 0 aromatic rings. The zero-order chi connectivity index (χ0) is 10.9. The Hall–Kier alpha value is -0.0800. The van der Waals surface area contributed by atoms with E-state index in [-0.39, 0.29) is 0 Å². The van der Waals surface area contributed by atoms with E-state index in [1.54, 1.807) is 0 Å². The van der Waals surface area contributed by atoms with E-state index < -0.39 is 0 Å². The summed E-state index contributed by atoms with van der Waals surface area (Å²) in [5.41, 5.74) is 0.533. The summed E-state index contributed by atoms with van der Waals surface area (Å²) in [5.74, 6) is 0.886. The van der Waals surface area contributed by atoms with Gasteiger partial charge in [-0.3, -0.25) is 4.90 Å². The van der Waals surface area contributed by atoms with Crippen LogP contribution in [0.2, 0.25) is 0 Å². The Bertz CT molecular complexity index is 209. The summed E-state index contributed by atoms with van der Waals surface area (Å²) >= 11 is 0. The first-order valence-electron chi connectivity index (χ1n) is 6.55. The smallest absolute Gasteiger partial charge is 0.00928 e. The summed E-state index contributed by atoms with van der Waals surface area (Å²) in [4.78, 5) is 2.72. The SMILES string of the molecule is CC1CCCN(CC2(C)CCNC2)C1C. The van der Waals surface area contributed by atoms with Crippen LogP contribution in [0.25, 0.3) is 0 Å². The van der Waals surface area contributed by atoms with Crippen LogP contribution in [0.3, 0.4) is 0 Å². The van der Waals surface area contributed by atoms with Crippen molar-refractivity contribution in [1.82, 2.24) is 10.2 Å². The van der Waals surface area contributed by atoms with Gasteiger partial charge in [-0.1, -0.05) is 13.8 Å². The average molecular weight is 210 g/mol. The molecule has 2 heteroatoms. The molecule has 0 amide bonds. The number of hydrogen-bond donors (Lipinski definition) is 1. The lowest BCUT2D eigenvalue weighted by atomic mass is 9.85. The van der Waals surface area contributed by atoms with Gasteiger partial charge in [0.2, 0.25) is 0 Å². The van der Waals surface area contributed by atoms with Crippen LogP contribution in [0.1, 0.15) is 40.0 Å². The van der Waals surface area contributed by atoms with E-state index in [9.17, 15) is 0 Å². The third-order valence-electron chi connectivity index (χ3n) is 4.55. The number of rotatable bonds is 2. The summed E-state index contributed by atoms with van der Waals surface area (Å²) < 4.78 is 0. The van der Waals surface area contributed by atoms with Gasteiger partial charge in [-0.15, -0.1) is 0 Å². The number of nitrogens with zero attached hydrogens (tertiary/aromatic N) is 1. The van der Waals surface area contributed by atoms with Crippen molar-refractivity contribution in [2.75, 3.05) is 26.2 Å². The van der Waals surface area contributed by atoms with Crippen LogP contribution in [-0.2, 0) is 0 Å². The van der Waals surface area contributed by atoms with Crippen molar-refractivity contribution in [1.29, 1.82) is 0 Å². The van der Waals surface area contributed by atoms with Crippen molar-refractivity contribution < 1.29 is 0 Å². The molecule has 1 N–H and O–H groups in total. The van der Waals surface area contributed by atoms with Crippen LogP contribution in [0.4, 0.5) is 0 Å². The lowest BCUT2D eigenvalue weighted by Gasteiger charge is -2.42. The first kappa shape index (κ1) is 11.4. The van der Waals surface area contributed by atoms with Gasteiger partial charge in [-0.2, -0.15) is 0 Å². The molecule has 88 valence electrons. The van der Waals surface area contributed by atoms with Gasteiger partial charge in [-0.05, 0) is 50.6 Å². The van der Waals surface area contributed by atoms with Crippen LogP contribution < -0.4 is 5.32 Å². The average Bonchev–Trinajstić information content (AvgIpc) is 2.60. The molecular formula is C13H26N2. The second-order valence-corrected chi connectivity index (χ2v) is 6.07. The highest BCUT2D eigenvalue weighted by Gasteiger charge is 2.34. The maximum Gasteiger partial charge on any atom is 0.00928 e. The van der Waals surface area contributed by atoms with Crippen molar-refractivity contribution >= 4 is 0 Å². The van der Waals surface area contributed by atoms with Gasteiger partial charge in [0.25, 0.3) is 0 Å². The molecule has 2 aliphatic rings. The van der Waals surface area contributed by atoms with Crippen LogP contribution in [-0.4, -0.2) is 37.1 Å². The number of likely N-dealkylation sites (tertiary alicyclic amines) is 1. The monoisotopic (exact) mass is 210 g/mol. The Kier molecular flexibility index (Phi) is 3.36. The zero-order valence-electron chi connectivity index (χ0n) is 10.6. The van der Waals surface area contributed by atoms with E-state index in [0.29, 0.717) is 5.41 Å². The van der Waals surface area contributed by atoms with Crippen LogP contribution in [0.5, 0.6) is 0 Å². The van der Waals surface area contributed by atoms with Crippen molar-refractivity contribution in [2.45, 2.75) is 46.1 Å². The minimum Gasteiger partial charge on any atom is -0.316 e. The molecule has 0 aromatic carbocycles. The minimum absolute atomic E-state index is 0.533. The highest BCUT2D eigenvalue weighted by molar-refractivity contribution is 4.89. The summed E-state index contributed by atoms with van der Waals surface area (Å²) in [6, 6.07) is 0.788. The standard InChI is InChI=1S/C13H26N2/c1-11-5-4-8-15(12(11)2)10-13(3)6-7-14-9-13/h11-12,14H,4-10H2,1-3H3. The Morgan fingerprint density at radius 1 is 1.40 bits per heavy atom. The second-order valence-electron chi connectivity index (χ2n) is 6.07. The van der Waals surface area contributed by atoms with Gasteiger partial charge in [0.15, 0.2) is 0 Å². The largest absolute Gasteiger partial charge is 0.316 e. The van der Waals surface area contributed by atoms with E-state index in [1.807, 2.05) is 0 Å². The Balaban J connectivity index is 1.92. The first-order valence-corrected chi connectivity index (χ1v) is 6.55. The summed E-state index contributed by atoms with van der Waals surface area (Å²) in [5, 5.41) is 3.50. The number of piperidine rings is 1. The van der Waals surface area contributed by atoms with Gasteiger partial charge in [0.05, 0.1) is 0 Å². The maximum atomic E-state index is 3.50. The number of hydrogen-bond acceptors (Lipinski definition) is 2. The van der Waals surface area contributed by atoms with Crippen LogP contribution in [0.15, 0.2) is 0 Å². The first-order chi connectivity index (χ1) is 7.11. The molecule has 0 aromatic heterocycles. The normalized spacial score (nSPS) is 43.4. The highest BCUT2D eigenvalue weighted by Crippen LogP contribution is 2.30. The Morgan fingerprint density at radius 2 is 2.20 bits per heavy atom. The number of nitrogens with one attached hydrogen (secondary N) is 1. The fraction of sp³-hybridized carbons (Fsp3) is 1.00. The molecule has 15 heavy (non-hydrogen) atoms. The molecule has 0 saturated carbocycles. The van der Waals surface area contributed by atoms with Gasteiger partial charge in [-0.25, -0.2) is 0 Å². The summed E-state index contributed by atoms with van der Waals surface area (Å²) in [6.07, 6.45) is 4.17. The molecule has 2 nitrogen and oxygen atoms in total. The summed E-state index contributed by atoms with van der Waals surface area (Å²) in [7, 11) is 0. The molecule has 2 saturated heterocycles. The van der Waals surface area contributed by atoms with Crippen LogP contribution >= 0.6 is 0 Å². The van der Waals surface area contributed by atoms with E-state index in [4.69, 9.17) is 0 Å². The van der Waals surface area contributed by atoms with Crippen LogP contribution in [0, 0.1) is 11.3 Å². The van der Waals surface area contributed by atoms with E-state index in [1.165, 1.54) is 45.4 Å². The molecule has 3 unspecified atom stereocenters. The van der Waals surface area contributed by atoms with E-state index in [0.717, 1.165) is 12.0 Å². The predicted octanol–water partition coefficient (Wildman–Crippen LogP) is 2.11. The molecule has 2 heterocycles. The quantitative estimate of drug-likeness (QED) is 0.751. The fourth-order valence-electron chi connectivity index (χ4n) is 3.14. The van der Waals surface area contributed by atoms with Crippen molar-refractivity contribution in [3.05, 3.63) is 0 Å². The molecule has 2 aliphatic heterocycles. The lowest BCUT2D eigenvalue weighted by molar-refractivity contribution is 0.0725. The van der Waals surface area contributed by atoms with E-state index in [2.05, 4.69) is 31.0 Å². The van der Waals surface area contributed by atoms with Gasteiger partial charge < -0.3 is 5.32 Å². The molecule has 2 rings (SSSR count). The molecule has 0 spiro atoms. The lowest BCUT2D eigenvalue weighted by Crippen LogP contribution is -2.47. The predicted molar refractivity (Wildman–Crippen MR) is 65.0 cm³/mol. The maximum absolute atomic E-state index is 3.50.